The lowest BCUT2D eigenvalue weighted by molar-refractivity contribution is -0.274. The van der Waals surface area contributed by atoms with Crippen molar-refractivity contribution in [3.63, 3.8) is 0 Å². The molecule has 0 N–H and O–H groups in total. The number of likely N-dealkylation sites (tertiary alicyclic amines) is 1. The van der Waals surface area contributed by atoms with Crippen LogP contribution in [0.1, 0.15) is 44.4 Å². The van der Waals surface area contributed by atoms with Crippen molar-refractivity contribution in [3.8, 4) is 5.75 Å². The lowest BCUT2D eigenvalue weighted by atomic mass is 10.1. The van der Waals surface area contributed by atoms with Crippen molar-refractivity contribution in [1.82, 2.24) is 4.90 Å². The number of hydrogen-bond donors (Lipinski definition) is 0. The minimum atomic E-state index is -4.83. The molecule has 168 valence electrons. The maximum atomic E-state index is 13.1. The van der Waals surface area contributed by atoms with Crippen LogP contribution in [0, 0.1) is 0 Å². The molecule has 1 atom stereocenters. The van der Waals surface area contributed by atoms with Crippen molar-refractivity contribution < 1.29 is 35.9 Å². The molecule has 1 heterocycles. The molecule has 30 heavy (non-hydrogen) atoms. The molecule has 2 rings (SSSR count). The van der Waals surface area contributed by atoms with E-state index < -0.39 is 44.1 Å². The van der Waals surface area contributed by atoms with E-state index >= 15 is 0 Å². The SMILES string of the molecule is C=CC(c1ccc(OC(F)(F)F)cc1)S(=O)(=O)C1CCN(C(=O)OC(C)(C)C)CC1. The summed E-state index contributed by atoms with van der Waals surface area (Å²) in [4.78, 5) is 13.6. The lowest BCUT2D eigenvalue weighted by Crippen LogP contribution is -2.45. The molecule has 0 radical (unpaired) electrons. The van der Waals surface area contributed by atoms with Crippen molar-refractivity contribution >= 4 is 15.9 Å². The molecule has 0 saturated carbocycles. The van der Waals surface area contributed by atoms with E-state index in [0.29, 0.717) is 5.56 Å². The van der Waals surface area contributed by atoms with Gasteiger partial charge in [0, 0.05) is 13.1 Å². The van der Waals surface area contributed by atoms with E-state index in [1.807, 2.05) is 0 Å². The molecule has 0 spiro atoms. The van der Waals surface area contributed by atoms with E-state index in [4.69, 9.17) is 4.74 Å². The van der Waals surface area contributed by atoms with Gasteiger partial charge in [0.05, 0.1) is 5.25 Å². The Hall–Kier alpha value is -2.23. The summed E-state index contributed by atoms with van der Waals surface area (Å²) in [5.74, 6) is -0.433. The monoisotopic (exact) mass is 449 g/mol. The highest BCUT2D eigenvalue weighted by Gasteiger charge is 2.37. The highest BCUT2D eigenvalue weighted by molar-refractivity contribution is 7.92. The van der Waals surface area contributed by atoms with Crippen molar-refractivity contribution in [2.45, 2.75) is 56.1 Å². The third-order valence-corrected chi connectivity index (χ3v) is 7.14. The van der Waals surface area contributed by atoms with E-state index in [-0.39, 0.29) is 25.9 Å². The predicted octanol–water partition coefficient (Wildman–Crippen LogP) is 4.63. The Kier molecular flexibility index (Phi) is 7.11. The number of rotatable bonds is 5. The normalized spacial score (nSPS) is 17.3. The number of carbonyl (C=O) groups is 1. The molecule has 1 saturated heterocycles. The first-order valence-electron chi connectivity index (χ1n) is 9.42. The maximum absolute atomic E-state index is 13.1. The summed E-state index contributed by atoms with van der Waals surface area (Å²) in [6, 6.07) is 4.70. The highest BCUT2D eigenvalue weighted by Crippen LogP contribution is 2.33. The molecular formula is C20H26F3NO5S. The lowest BCUT2D eigenvalue weighted by Gasteiger charge is -2.34. The second-order valence-electron chi connectivity index (χ2n) is 8.03. The van der Waals surface area contributed by atoms with Crippen molar-refractivity contribution in [2.24, 2.45) is 0 Å². The number of ether oxygens (including phenoxy) is 2. The van der Waals surface area contributed by atoms with E-state index in [0.717, 1.165) is 12.1 Å². The minimum absolute atomic E-state index is 0.237. The smallest absolute Gasteiger partial charge is 0.444 e. The first-order valence-corrected chi connectivity index (χ1v) is 11.0. The van der Waals surface area contributed by atoms with Crippen LogP contribution in [0.25, 0.3) is 0 Å². The quantitative estimate of drug-likeness (QED) is 0.613. The van der Waals surface area contributed by atoms with Crippen LogP contribution in [-0.4, -0.2) is 49.7 Å². The molecule has 1 aliphatic heterocycles. The van der Waals surface area contributed by atoms with Gasteiger partial charge in [-0.2, -0.15) is 0 Å². The van der Waals surface area contributed by atoms with Crippen molar-refractivity contribution in [3.05, 3.63) is 42.5 Å². The Balaban J connectivity index is 2.08. The highest BCUT2D eigenvalue weighted by atomic mass is 32.2. The Labute approximate surface area is 174 Å². The second-order valence-corrected chi connectivity index (χ2v) is 10.4. The molecule has 1 aromatic carbocycles. The molecule has 1 fully saturated rings. The van der Waals surface area contributed by atoms with Crippen LogP contribution in [0.15, 0.2) is 36.9 Å². The van der Waals surface area contributed by atoms with Gasteiger partial charge in [0.1, 0.15) is 16.6 Å². The molecule has 1 aromatic rings. The summed E-state index contributed by atoms with van der Waals surface area (Å²) >= 11 is 0. The standard InChI is InChI=1S/C20H26F3NO5S/c1-5-17(14-6-8-15(9-7-14)28-20(21,22)23)30(26,27)16-10-12-24(13-11-16)18(25)29-19(2,3)4/h5-9,16-17H,1,10-13H2,2-4H3. The summed E-state index contributed by atoms with van der Waals surface area (Å²) < 4.78 is 72.3. The molecule has 0 bridgehead atoms. The number of halogens is 3. The number of amides is 1. The average molecular weight is 449 g/mol. The van der Waals surface area contributed by atoms with Crippen LogP contribution in [-0.2, 0) is 14.6 Å². The molecule has 6 nitrogen and oxygen atoms in total. The zero-order chi connectivity index (χ0) is 22.7. The van der Waals surface area contributed by atoms with Crippen LogP contribution < -0.4 is 4.74 Å². The van der Waals surface area contributed by atoms with Crippen molar-refractivity contribution in [2.75, 3.05) is 13.1 Å². The van der Waals surface area contributed by atoms with Crippen LogP contribution in [0.4, 0.5) is 18.0 Å². The van der Waals surface area contributed by atoms with Gasteiger partial charge in [0.15, 0.2) is 9.84 Å². The summed E-state index contributed by atoms with van der Waals surface area (Å²) in [5, 5.41) is -1.78. The third-order valence-electron chi connectivity index (χ3n) is 4.57. The topological polar surface area (TPSA) is 72.9 Å². The van der Waals surface area contributed by atoms with Gasteiger partial charge >= 0.3 is 12.5 Å². The van der Waals surface area contributed by atoms with Crippen molar-refractivity contribution in [1.29, 1.82) is 0 Å². The van der Waals surface area contributed by atoms with Crippen LogP contribution in [0.2, 0.25) is 0 Å². The molecule has 0 aliphatic carbocycles. The summed E-state index contributed by atoms with van der Waals surface area (Å²) in [6.45, 7) is 9.32. The summed E-state index contributed by atoms with van der Waals surface area (Å²) in [7, 11) is -3.72. The molecule has 1 amide bonds. The first kappa shape index (κ1) is 24.0. The fourth-order valence-corrected chi connectivity index (χ4v) is 5.31. The van der Waals surface area contributed by atoms with E-state index in [9.17, 15) is 26.4 Å². The van der Waals surface area contributed by atoms with Gasteiger partial charge in [-0.05, 0) is 51.3 Å². The van der Waals surface area contributed by atoms with Gasteiger partial charge in [0.2, 0.25) is 0 Å². The number of sulfone groups is 1. The minimum Gasteiger partial charge on any atom is -0.444 e. The van der Waals surface area contributed by atoms with E-state index in [1.165, 1.54) is 23.1 Å². The van der Waals surface area contributed by atoms with Gasteiger partial charge in [-0.15, -0.1) is 19.8 Å². The third kappa shape index (κ3) is 6.38. The number of carbonyl (C=O) groups excluding carboxylic acids is 1. The molecule has 1 aliphatic rings. The molecule has 1 unspecified atom stereocenters. The largest absolute Gasteiger partial charge is 0.573 e. The molecule has 10 heteroatoms. The zero-order valence-electron chi connectivity index (χ0n) is 17.1. The second kappa shape index (κ2) is 8.87. The molecule has 0 aromatic heterocycles. The number of alkyl halides is 3. The summed E-state index contributed by atoms with van der Waals surface area (Å²) in [5.41, 5.74) is -0.343. The first-order chi connectivity index (χ1) is 13.7. The van der Waals surface area contributed by atoms with Gasteiger partial charge in [0.25, 0.3) is 0 Å². The Morgan fingerprint density at radius 3 is 2.13 bits per heavy atom. The Morgan fingerprint density at radius 2 is 1.70 bits per heavy atom. The number of nitrogens with zero attached hydrogens (tertiary/aromatic N) is 1. The Morgan fingerprint density at radius 1 is 1.17 bits per heavy atom. The van der Waals surface area contributed by atoms with Gasteiger partial charge in [-0.1, -0.05) is 18.2 Å². The summed E-state index contributed by atoms with van der Waals surface area (Å²) in [6.07, 6.45) is -3.58. The van der Waals surface area contributed by atoms with E-state index in [1.54, 1.807) is 20.8 Å². The van der Waals surface area contributed by atoms with Crippen LogP contribution >= 0.6 is 0 Å². The van der Waals surface area contributed by atoms with Crippen LogP contribution in [0.5, 0.6) is 5.75 Å². The van der Waals surface area contributed by atoms with Gasteiger partial charge in [-0.25, -0.2) is 13.2 Å². The van der Waals surface area contributed by atoms with Gasteiger partial charge in [-0.3, -0.25) is 0 Å². The number of benzene rings is 1. The fourth-order valence-electron chi connectivity index (χ4n) is 3.22. The number of piperidine rings is 1. The zero-order valence-corrected chi connectivity index (χ0v) is 17.9. The fraction of sp³-hybridized carbons (Fsp3) is 0.550. The maximum Gasteiger partial charge on any atom is 0.573 e. The molecular weight excluding hydrogens is 423 g/mol. The van der Waals surface area contributed by atoms with Gasteiger partial charge < -0.3 is 14.4 Å². The average Bonchev–Trinajstić information content (AvgIpc) is 2.61. The van der Waals surface area contributed by atoms with Crippen LogP contribution in [0.3, 0.4) is 0 Å². The Bertz CT molecular complexity index is 852. The number of hydrogen-bond acceptors (Lipinski definition) is 5. The van der Waals surface area contributed by atoms with E-state index in [2.05, 4.69) is 11.3 Å². The predicted molar refractivity (Wildman–Crippen MR) is 106 cm³/mol.